The number of hydrogen-bond donors (Lipinski definition) is 2. The highest BCUT2D eigenvalue weighted by Crippen LogP contribution is 2.38. The predicted molar refractivity (Wildman–Crippen MR) is 126 cm³/mol. The standard InChI is InChI=1S/C25H32N4O2/c1-4-28-11-13-29(14-12-28)21-9-10-23(18(3)15-21)27-24(30)19-5-7-20(8-6-19)26-25(31)22-16-17(22)2/h5-10,15,17,22H,4,11-14,16H2,1-3H3,(H,26,31)(H,27,30). The third-order valence-electron chi connectivity index (χ3n) is 6.50. The van der Waals surface area contributed by atoms with Gasteiger partial charge in [-0.3, -0.25) is 9.59 Å². The van der Waals surface area contributed by atoms with E-state index in [4.69, 9.17) is 0 Å². The predicted octanol–water partition coefficient (Wildman–Crippen LogP) is 3.98. The first-order valence-electron chi connectivity index (χ1n) is 11.2. The third-order valence-corrected chi connectivity index (χ3v) is 6.50. The van der Waals surface area contributed by atoms with Gasteiger partial charge in [0, 0.05) is 54.7 Å². The second kappa shape index (κ2) is 9.10. The van der Waals surface area contributed by atoms with Crippen LogP contribution in [-0.2, 0) is 4.79 Å². The van der Waals surface area contributed by atoms with Gasteiger partial charge in [-0.2, -0.15) is 0 Å². The molecule has 1 saturated heterocycles. The van der Waals surface area contributed by atoms with E-state index in [9.17, 15) is 9.59 Å². The second-order valence-corrected chi connectivity index (χ2v) is 8.76. The summed E-state index contributed by atoms with van der Waals surface area (Å²) in [7, 11) is 0. The largest absolute Gasteiger partial charge is 0.369 e. The van der Waals surface area contributed by atoms with Crippen LogP contribution in [-0.4, -0.2) is 49.4 Å². The Morgan fingerprint density at radius 1 is 1.00 bits per heavy atom. The van der Waals surface area contributed by atoms with Crippen molar-refractivity contribution in [1.82, 2.24) is 4.90 Å². The summed E-state index contributed by atoms with van der Waals surface area (Å²) < 4.78 is 0. The van der Waals surface area contributed by atoms with Crippen LogP contribution in [0.4, 0.5) is 17.1 Å². The Bertz CT molecular complexity index is 948. The van der Waals surface area contributed by atoms with Crippen molar-refractivity contribution in [3.05, 3.63) is 53.6 Å². The molecule has 6 nitrogen and oxygen atoms in total. The summed E-state index contributed by atoms with van der Waals surface area (Å²) in [4.78, 5) is 29.6. The molecule has 4 rings (SSSR count). The van der Waals surface area contributed by atoms with Gasteiger partial charge in [-0.05, 0) is 73.8 Å². The zero-order valence-corrected chi connectivity index (χ0v) is 18.6. The molecule has 2 aromatic rings. The van der Waals surface area contributed by atoms with Crippen LogP contribution in [0.1, 0.15) is 36.2 Å². The van der Waals surface area contributed by atoms with Crippen molar-refractivity contribution in [3.8, 4) is 0 Å². The molecule has 2 unspecified atom stereocenters. The normalized spacial score (nSPS) is 20.9. The van der Waals surface area contributed by atoms with Crippen LogP contribution in [0, 0.1) is 18.8 Å². The van der Waals surface area contributed by atoms with Crippen molar-refractivity contribution in [2.24, 2.45) is 11.8 Å². The molecule has 0 aromatic heterocycles. The van der Waals surface area contributed by atoms with Gasteiger partial charge in [0.25, 0.3) is 5.91 Å². The number of likely N-dealkylation sites (N-methyl/N-ethyl adjacent to an activating group) is 1. The highest BCUT2D eigenvalue weighted by Gasteiger charge is 2.39. The molecular weight excluding hydrogens is 388 g/mol. The zero-order chi connectivity index (χ0) is 22.0. The molecule has 1 aliphatic carbocycles. The number of rotatable bonds is 6. The van der Waals surface area contributed by atoms with E-state index in [-0.39, 0.29) is 17.7 Å². The SMILES string of the molecule is CCN1CCN(c2ccc(NC(=O)c3ccc(NC(=O)C4CC4C)cc3)c(C)c2)CC1. The lowest BCUT2D eigenvalue weighted by Crippen LogP contribution is -2.46. The quantitative estimate of drug-likeness (QED) is 0.742. The number of nitrogens with zero attached hydrogens (tertiary/aromatic N) is 2. The molecule has 0 bridgehead atoms. The van der Waals surface area contributed by atoms with Gasteiger partial charge in [-0.25, -0.2) is 0 Å². The topological polar surface area (TPSA) is 64.7 Å². The van der Waals surface area contributed by atoms with E-state index >= 15 is 0 Å². The summed E-state index contributed by atoms with van der Waals surface area (Å²) >= 11 is 0. The average molecular weight is 421 g/mol. The first kappa shape index (κ1) is 21.4. The van der Waals surface area contributed by atoms with Crippen LogP contribution in [0.5, 0.6) is 0 Å². The van der Waals surface area contributed by atoms with Crippen molar-refractivity contribution in [3.63, 3.8) is 0 Å². The van der Waals surface area contributed by atoms with E-state index in [2.05, 4.69) is 46.4 Å². The number of anilines is 3. The average Bonchev–Trinajstić information content (AvgIpc) is 3.52. The molecule has 164 valence electrons. The molecule has 1 saturated carbocycles. The van der Waals surface area contributed by atoms with Crippen molar-refractivity contribution >= 4 is 28.9 Å². The highest BCUT2D eigenvalue weighted by molar-refractivity contribution is 6.05. The summed E-state index contributed by atoms with van der Waals surface area (Å²) in [6.07, 6.45) is 0.958. The Morgan fingerprint density at radius 2 is 1.68 bits per heavy atom. The molecule has 2 aromatic carbocycles. The van der Waals surface area contributed by atoms with E-state index in [1.54, 1.807) is 24.3 Å². The second-order valence-electron chi connectivity index (χ2n) is 8.76. The number of amides is 2. The van der Waals surface area contributed by atoms with Crippen molar-refractivity contribution in [2.45, 2.75) is 27.2 Å². The first-order chi connectivity index (χ1) is 14.9. The van der Waals surface area contributed by atoms with Crippen LogP contribution in [0.3, 0.4) is 0 Å². The molecule has 2 N–H and O–H groups in total. The number of nitrogens with one attached hydrogen (secondary N) is 2. The van der Waals surface area contributed by atoms with E-state index in [0.717, 1.165) is 56.1 Å². The van der Waals surface area contributed by atoms with Gasteiger partial charge in [-0.1, -0.05) is 13.8 Å². The molecule has 2 fully saturated rings. The minimum atomic E-state index is -0.152. The van der Waals surface area contributed by atoms with Gasteiger partial charge in [-0.15, -0.1) is 0 Å². The fourth-order valence-electron chi connectivity index (χ4n) is 4.13. The maximum absolute atomic E-state index is 12.7. The maximum Gasteiger partial charge on any atom is 0.255 e. The Labute approximate surface area is 184 Å². The van der Waals surface area contributed by atoms with E-state index in [1.165, 1.54) is 5.69 Å². The fourth-order valence-corrected chi connectivity index (χ4v) is 4.13. The molecule has 31 heavy (non-hydrogen) atoms. The maximum atomic E-state index is 12.7. The lowest BCUT2D eigenvalue weighted by atomic mass is 10.1. The third kappa shape index (κ3) is 5.07. The fraction of sp³-hybridized carbons (Fsp3) is 0.440. The Balaban J connectivity index is 1.35. The number of benzene rings is 2. The zero-order valence-electron chi connectivity index (χ0n) is 18.6. The van der Waals surface area contributed by atoms with E-state index in [0.29, 0.717) is 11.5 Å². The van der Waals surface area contributed by atoms with Crippen molar-refractivity contribution in [1.29, 1.82) is 0 Å². The number of hydrogen-bond acceptors (Lipinski definition) is 4. The monoisotopic (exact) mass is 420 g/mol. The van der Waals surface area contributed by atoms with Gasteiger partial charge in [0.2, 0.25) is 5.91 Å². The molecule has 2 aliphatic rings. The van der Waals surface area contributed by atoms with Crippen LogP contribution in [0.15, 0.2) is 42.5 Å². The summed E-state index contributed by atoms with van der Waals surface area (Å²) in [5.74, 6) is 0.516. The van der Waals surface area contributed by atoms with Gasteiger partial charge in [0.15, 0.2) is 0 Å². The highest BCUT2D eigenvalue weighted by atomic mass is 16.2. The summed E-state index contributed by atoms with van der Waals surface area (Å²) in [6, 6.07) is 13.3. The van der Waals surface area contributed by atoms with Crippen LogP contribution < -0.4 is 15.5 Å². The smallest absolute Gasteiger partial charge is 0.255 e. The number of carbonyl (C=O) groups is 2. The minimum Gasteiger partial charge on any atom is -0.369 e. The molecule has 2 atom stereocenters. The van der Waals surface area contributed by atoms with Crippen LogP contribution >= 0.6 is 0 Å². The summed E-state index contributed by atoms with van der Waals surface area (Å²) in [6.45, 7) is 11.6. The summed E-state index contributed by atoms with van der Waals surface area (Å²) in [5, 5.41) is 5.94. The summed E-state index contributed by atoms with van der Waals surface area (Å²) in [5.41, 5.74) is 4.37. The molecule has 1 heterocycles. The number of aryl methyl sites for hydroxylation is 1. The molecule has 2 amide bonds. The van der Waals surface area contributed by atoms with Gasteiger partial charge >= 0.3 is 0 Å². The molecule has 0 radical (unpaired) electrons. The van der Waals surface area contributed by atoms with Gasteiger partial charge < -0.3 is 20.4 Å². The van der Waals surface area contributed by atoms with Crippen LogP contribution in [0.2, 0.25) is 0 Å². The van der Waals surface area contributed by atoms with E-state index < -0.39 is 0 Å². The minimum absolute atomic E-state index is 0.0662. The van der Waals surface area contributed by atoms with Crippen molar-refractivity contribution < 1.29 is 9.59 Å². The molecule has 0 spiro atoms. The molecular formula is C25H32N4O2. The van der Waals surface area contributed by atoms with Gasteiger partial charge in [0.1, 0.15) is 0 Å². The lowest BCUT2D eigenvalue weighted by molar-refractivity contribution is -0.117. The van der Waals surface area contributed by atoms with Crippen molar-refractivity contribution in [2.75, 3.05) is 48.3 Å². The number of carbonyl (C=O) groups excluding carboxylic acids is 2. The Morgan fingerprint density at radius 3 is 2.26 bits per heavy atom. The molecule has 6 heteroatoms. The van der Waals surface area contributed by atoms with Gasteiger partial charge in [0.05, 0.1) is 0 Å². The number of piperazine rings is 1. The lowest BCUT2D eigenvalue weighted by Gasteiger charge is -2.35. The first-order valence-corrected chi connectivity index (χ1v) is 11.2. The Hall–Kier alpha value is -2.86. The Kier molecular flexibility index (Phi) is 6.28. The van der Waals surface area contributed by atoms with Crippen LogP contribution in [0.25, 0.3) is 0 Å². The molecule has 1 aliphatic heterocycles. The van der Waals surface area contributed by atoms with E-state index in [1.807, 2.05) is 13.0 Å².